The fraction of sp³-hybridized carbons (Fsp3) is 0.700. The topological polar surface area (TPSA) is 117 Å². The zero-order valence-corrected chi connectivity index (χ0v) is 23.2. The van der Waals surface area contributed by atoms with Gasteiger partial charge in [-0.3, -0.25) is 14.4 Å². The van der Waals surface area contributed by atoms with Crippen LogP contribution in [-0.4, -0.2) is 70.8 Å². The molecule has 1 aromatic carbocycles. The number of rotatable bonds is 11. The Balaban J connectivity index is 1.40. The number of hydrogen-bond acceptors (Lipinski definition) is 6. The summed E-state index contributed by atoms with van der Waals surface area (Å²) in [5.41, 5.74) is -1.20. The molecule has 9 nitrogen and oxygen atoms in total. The molecule has 4 fully saturated rings. The van der Waals surface area contributed by atoms with Crippen LogP contribution >= 0.6 is 0 Å². The maximum atomic E-state index is 14.1. The molecule has 3 saturated heterocycles. The van der Waals surface area contributed by atoms with Crippen LogP contribution in [0.4, 0.5) is 5.69 Å². The number of aliphatic hydroxyl groups is 1. The van der Waals surface area contributed by atoms with Crippen molar-refractivity contribution in [3.63, 3.8) is 0 Å². The van der Waals surface area contributed by atoms with Gasteiger partial charge >= 0.3 is 0 Å². The summed E-state index contributed by atoms with van der Waals surface area (Å²) in [6.45, 7) is 4.89. The number of nitrogens with one attached hydrogen (secondary N) is 2. The summed E-state index contributed by atoms with van der Waals surface area (Å²) in [5.74, 6) is -1.26. The number of amides is 3. The number of anilines is 1. The van der Waals surface area contributed by atoms with Gasteiger partial charge in [-0.15, -0.1) is 0 Å². The summed E-state index contributed by atoms with van der Waals surface area (Å²) < 4.78 is 12.2. The molecule has 9 heteroatoms. The summed E-state index contributed by atoms with van der Waals surface area (Å²) in [6.07, 6.45) is 8.55. The summed E-state index contributed by atoms with van der Waals surface area (Å²) in [7, 11) is 0. The van der Waals surface area contributed by atoms with Crippen molar-refractivity contribution in [2.24, 2.45) is 11.8 Å². The van der Waals surface area contributed by atoms with Gasteiger partial charge in [-0.25, -0.2) is 0 Å². The molecule has 5 rings (SSSR count). The number of carbonyl (C=O) groups is 3. The third-order valence-corrected chi connectivity index (χ3v) is 9.25. The molecule has 2 unspecified atom stereocenters. The first-order valence-corrected chi connectivity index (χ1v) is 14.8. The van der Waals surface area contributed by atoms with E-state index in [4.69, 9.17) is 9.47 Å². The molecule has 214 valence electrons. The van der Waals surface area contributed by atoms with Crippen LogP contribution in [0.2, 0.25) is 0 Å². The summed E-state index contributed by atoms with van der Waals surface area (Å²) in [4.78, 5) is 43.5. The first-order chi connectivity index (χ1) is 18.8. The lowest BCUT2D eigenvalue weighted by Gasteiger charge is -2.35. The van der Waals surface area contributed by atoms with E-state index in [-0.39, 0.29) is 30.4 Å². The van der Waals surface area contributed by atoms with Crippen LogP contribution in [0, 0.1) is 11.8 Å². The summed E-state index contributed by atoms with van der Waals surface area (Å²) in [5, 5.41) is 15.5. The SMILES string of the molecule is CCOc1ccc(NC(=O)[C@@H]2[C@H]3C(=O)N(CCCCCO)C(C(=O)NC4CCCCC4)C34CC[C@@]2(C)O4)cc1. The largest absolute Gasteiger partial charge is 0.494 e. The molecule has 1 aromatic rings. The number of ether oxygens (including phenoxy) is 2. The van der Waals surface area contributed by atoms with Crippen molar-refractivity contribution >= 4 is 23.4 Å². The second kappa shape index (κ2) is 11.5. The lowest BCUT2D eigenvalue weighted by molar-refractivity contribution is -0.145. The van der Waals surface area contributed by atoms with Crippen LogP contribution in [0.25, 0.3) is 0 Å². The molecule has 0 aromatic heterocycles. The minimum absolute atomic E-state index is 0.0986. The van der Waals surface area contributed by atoms with E-state index >= 15 is 0 Å². The molecule has 0 radical (unpaired) electrons. The first kappa shape index (κ1) is 27.9. The third-order valence-electron chi connectivity index (χ3n) is 9.25. The Bertz CT molecular complexity index is 1060. The van der Waals surface area contributed by atoms with Crippen LogP contribution in [0.5, 0.6) is 5.75 Å². The lowest BCUT2D eigenvalue weighted by Crippen LogP contribution is -2.57. The first-order valence-electron chi connectivity index (χ1n) is 14.8. The predicted octanol–water partition coefficient (Wildman–Crippen LogP) is 3.40. The number of likely N-dealkylation sites (tertiary alicyclic amines) is 1. The molecular formula is C30H43N3O6. The molecule has 5 atom stereocenters. The average Bonchev–Trinajstić information content (AvgIpc) is 3.49. The van der Waals surface area contributed by atoms with E-state index in [2.05, 4.69) is 10.6 Å². The number of benzene rings is 1. The Morgan fingerprint density at radius 3 is 2.51 bits per heavy atom. The van der Waals surface area contributed by atoms with E-state index in [0.29, 0.717) is 44.5 Å². The van der Waals surface area contributed by atoms with E-state index < -0.39 is 29.1 Å². The van der Waals surface area contributed by atoms with Gasteiger partial charge in [0, 0.05) is 24.9 Å². The van der Waals surface area contributed by atoms with Gasteiger partial charge in [0.2, 0.25) is 17.7 Å². The summed E-state index contributed by atoms with van der Waals surface area (Å²) in [6, 6.07) is 6.55. The number of unbranched alkanes of at least 4 members (excludes halogenated alkanes) is 2. The van der Waals surface area contributed by atoms with Gasteiger partial charge in [0.15, 0.2) is 0 Å². The average molecular weight is 542 g/mol. The van der Waals surface area contributed by atoms with Gasteiger partial charge in [0.05, 0.1) is 24.0 Å². The molecule has 3 aliphatic heterocycles. The van der Waals surface area contributed by atoms with E-state index in [1.807, 2.05) is 13.8 Å². The molecule has 3 amide bonds. The highest BCUT2D eigenvalue weighted by Crippen LogP contribution is 2.63. The van der Waals surface area contributed by atoms with Crippen molar-refractivity contribution in [3.8, 4) is 5.75 Å². The Kier molecular flexibility index (Phi) is 8.19. The Hall–Kier alpha value is -2.65. The highest BCUT2D eigenvalue weighted by atomic mass is 16.5. The molecule has 2 bridgehead atoms. The molecule has 3 heterocycles. The molecule has 1 spiro atoms. The zero-order chi connectivity index (χ0) is 27.6. The maximum absolute atomic E-state index is 14.1. The van der Waals surface area contributed by atoms with Crippen LogP contribution < -0.4 is 15.4 Å². The predicted molar refractivity (Wildman–Crippen MR) is 146 cm³/mol. The molecule has 3 N–H and O–H groups in total. The smallest absolute Gasteiger partial charge is 0.246 e. The fourth-order valence-electron chi connectivity index (χ4n) is 7.49. The molecule has 4 aliphatic rings. The third kappa shape index (κ3) is 5.15. The van der Waals surface area contributed by atoms with Crippen molar-refractivity contribution in [1.82, 2.24) is 10.2 Å². The highest BCUT2D eigenvalue weighted by molar-refractivity contribution is 6.02. The minimum atomic E-state index is -1.01. The second-order valence-electron chi connectivity index (χ2n) is 11.8. The number of aliphatic hydroxyl groups excluding tert-OH is 1. The number of fused-ring (bicyclic) bond motifs is 1. The fourth-order valence-corrected chi connectivity index (χ4v) is 7.49. The highest BCUT2D eigenvalue weighted by Gasteiger charge is 2.77. The van der Waals surface area contributed by atoms with Gasteiger partial charge in [-0.2, -0.15) is 0 Å². The Morgan fingerprint density at radius 2 is 1.82 bits per heavy atom. The van der Waals surface area contributed by atoms with Crippen LogP contribution in [-0.2, 0) is 19.1 Å². The Morgan fingerprint density at radius 1 is 1.08 bits per heavy atom. The second-order valence-corrected chi connectivity index (χ2v) is 11.8. The standard InChI is InChI=1S/C30H43N3O6/c1-3-38-22-14-12-21(13-15-22)31-26(35)23-24-28(37)33(18-8-5-9-19-34)25(30(24)17-16-29(23,2)39-30)27(36)32-20-10-6-4-7-11-20/h12-15,20,23-25,34H,3-11,16-19H2,1-2H3,(H,31,35)(H,32,36)/t23-,24-,25?,29+,30?/m0/s1. The van der Waals surface area contributed by atoms with E-state index in [1.54, 1.807) is 29.2 Å². The quantitative estimate of drug-likeness (QED) is 0.370. The van der Waals surface area contributed by atoms with Gasteiger partial charge in [0.25, 0.3) is 0 Å². The van der Waals surface area contributed by atoms with Gasteiger partial charge in [-0.1, -0.05) is 19.3 Å². The molecular weight excluding hydrogens is 498 g/mol. The molecule has 1 saturated carbocycles. The van der Waals surface area contributed by atoms with Crippen molar-refractivity contribution < 1.29 is 29.0 Å². The normalized spacial score (nSPS) is 31.8. The van der Waals surface area contributed by atoms with Crippen molar-refractivity contribution in [1.29, 1.82) is 0 Å². The van der Waals surface area contributed by atoms with Crippen LogP contribution in [0.15, 0.2) is 24.3 Å². The molecule has 39 heavy (non-hydrogen) atoms. The van der Waals surface area contributed by atoms with Gasteiger partial charge in [0.1, 0.15) is 17.4 Å². The van der Waals surface area contributed by atoms with Crippen molar-refractivity contribution in [2.45, 2.75) is 101 Å². The number of hydrogen-bond donors (Lipinski definition) is 3. The zero-order valence-electron chi connectivity index (χ0n) is 23.2. The number of carbonyl (C=O) groups excluding carboxylic acids is 3. The maximum Gasteiger partial charge on any atom is 0.246 e. The molecule has 1 aliphatic carbocycles. The van der Waals surface area contributed by atoms with E-state index in [1.165, 1.54) is 6.42 Å². The van der Waals surface area contributed by atoms with Crippen molar-refractivity contribution in [3.05, 3.63) is 24.3 Å². The van der Waals surface area contributed by atoms with Crippen LogP contribution in [0.3, 0.4) is 0 Å². The lowest BCUT2D eigenvalue weighted by atomic mass is 9.66. The van der Waals surface area contributed by atoms with Crippen molar-refractivity contribution in [2.75, 3.05) is 25.1 Å². The monoisotopic (exact) mass is 541 g/mol. The van der Waals surface area contributed by atoms with Gasteiger partial charge < -0.3 is 30.1 Å². The van der Waals surface area contributed by atoms with Gasteiger partial charge in [-0.05, 0) is 83.1 Å². The number of nitrogens with zero attached hydrogens (tertiary/aromatic N) is 1. The summed E-state index contributed by atoms with van der Waals surface area (Å²) >= 11 is 0. The van der Waals surface area contributed by atoms with E-state index in [0.717, 1.165) is 37.9 Å². The van der Waals surface area contributed by atoms with E-state index in [9.17, 15) is 19.5 Å². The Labute approximate surface area is 231 Å². The van der Waals surface area contributed by atoms with Crippen LogP contribution in [0.1, 0.15) is 78.1 Å². The minimum Gasteiger partial charge on any atom is -0.494 e.